The van der Waals surface area contributed by atoms with Crippen LogP contribution in [0.15, 0.2) is 24.3 Å². The Morgan fingerprint density at radius 3 is 2.65 bits per heavy atom. The molecule has 2 N–H and O–H groups in total. The summed E-state index contributed by atoms with van der Waals surface area (Å²) in [6, 6.07) is 7.27. The second-order valence-electron chi connectivity index (χ2n) is 5.00. The fourth-order valence-electron chi connectivity index (χ4n) is 2.43. The van der Waals surface area contributed by atoms with Gasteiger partial charge in [0.05, 0.1) is 13.7 Å². The lowest BCUT2D eigenvalue weighted by Gasteiger charge is -2.28. The minimum atomic E-state index is -0.759. The summed E-state index contributed by atoms with van der Waals surface area (Å²) in [5.74, 6) is 0.845. The second kappa shape index (κ2) is 7.14. The van der Waals surface area contributed by atoms with Gasteiger partial charge in [0, 0.05) is 6.04 Å². The third-order valence-corrected chi connectivity index (χ3v) is 3.57. The summed E-state index contributed by atoms with van der Waals surface area (Å²) in [4.78, 5) is 10.9. The normalized spacial score (nSPS) is 22.2. The minimum absolute atomic E-state index is 0.225. The van der Waals surface area contributed by atoms with E-state index in [-0.39, 0.29) is 6.04 Å². The number of hydrogen-bond donors (Lipinski definition) is 2. The Balaban J connectivity index is 1.73. The summed E-state index contributed by atoms with van der Waals surface area (Å²) in [5, 5.41) is 12.2. The van der Waals surface area contributed by atoms with Crippen LogP contribution < -0.4 is 14.8 Å². The van der Waals surface area contributed by atoms with Crippen LogP contribution in [0.2, 0.25) is 0 Å². The number of carboxylic acids is 1. The number of hydrogen-bond acceptors (Lipinski definition) is 4. The van der Waals surface area contributed by atoms with Crippen molar-refractivity contribution in [3.63, 3.8) is 0 Å². The van der Waals surface area contributed by atoms with Gasteiger partial charge >= 0.3 is 5.97 Å². The first-order valence-corrected chi connectivity index (χ1v) is 6.95. The summed E-state index contributed by atoms with van der Waals surface area (Å²) in [5.41, 5.74) is 0. The summed E-state index contributed by atoms with van der Waals surface area (Å²) in [7, 11) is 1.63. The number of ether oxygens (including phenoxy) is 2. The van der Waals surface area contributed by atoms with Crippen LogP contribution in [0, 0.1) is 0 Å². The van der Waals surface area contributed by atoms with E-state index in [0.717, 1.165) is 30.8 Å². The van der Waals surface area contributed by atoms with Crippen molar-refractivity contribution in [3.05, 3.63) is 24.3 Å². The predicted octanol–water partition coefficient (Wildman–Crippen LogP) is 2.06. The van der Waals surface area contributed by atoms with Gasteiger partial charge in [-0.1, -0.05) is 0 Å². The maximum atomic E-state index is 10.9. The fourth-order valence-corrected chi connectivity index (χ4v) is 2.43. The number of carbonyl (C=O) groups is 1. The maximum absolute atomic E-state index is 10.9. The molecule has 5 heteroatoms. The number of methoxy groups -OCH3 is 1. The number of aliphatic carboxylic acids is 1. The molecule has 2 atom stereocenters. The highest BCUT2D eigenvalue weighted by Crippen LogP contribution is 2.19. The van der Waals surface area contributed by atoms with Gasteiger partial charge in [0.2, 0.25) is 0 Å². The van der Waals surface area contributed by atoms with E-state index < -0.39 is 12.0 Å². The molecule has 0 radical (unpaired) electrons. The van der Waals surface area contributed by atoms with Crippen LogP contribution in [0.4, 0.5) is 0 Å². The average Bonchev–Trinajstić information content (AvgIpc) is 2.48. The van der Waals surface area contributed by atoms with Gasteiger partial charge in [-0.15, -0.1) is 0 Å². The molecular formula is C15H21NO4. The summed E-state index contributed by atoms with van der Waals surface area (Å²) in [6.45, 7) is 0.580. The van der Waals surface area contributed by atoms with Crippen LogP contribution in [0.25, 0.3) is 0 Å². The first-order valence-electron chi connectivity index (χ1n) is 6.95. The van der Waals surface area contributed by atoms with Crippen molar-refractivity contribution < 1.29 is 19.4 Å². The Kier molecular flexibility index (Phi) is 5.24. The maximum Gasteiger partial charge on any atom is 0.320 e. The molecular weight excluding hydrogens is 258 g/mol. The zero-order valence-electron chi connectivity index (χ0n) is 11.7. The van der Waals surface area contributed by atoms with E-state index in [1.165, 1.54) is 0 Å². The fraction of sp³-hybridized carbons (Fsp3) is 0.533. The molecule has 0 saturated carbocycles. The van der Waals surface area contributed by atoms with Crippen LogP contribution in [0.5, 0.6) is 11.5 Å². The van der Waals surface area contributed by atoms with Crippen LogP contribution in [-0.2, 0) is 4.79 Å². The molecule has 2 unspecified atom stereocenters. The molecule has 1 aromatic rings. The molecule has 1 saturated heterocycles. The largest absolute Gasteiger partial charge is 0.497 e. The molecule has 1 aliphatic rings. The standard InChI is InChI=1S/C15H21NO4/c1-19-12-5-7-13(8-6-12)20-10-9-11-3-2-4-14(16-11)15(17)18/h5-8,11,14,16H,2-4,9-10H2,1H3,(H,17,18). The number of nitrogens with one attached hydrogen (secondary N) is 1. The lowest BCUT2D eigenvalue weighted by molar-refractivity contribution is -0.140. The topological polar surface area (TPSA) is 67.8 Å². The van der Waals surface area contributed by atoms with Crippen LogP contribution >= 0.6 is 0 Å². The van der Waals surface area contributed by atoms with Crippen molar-refractivity contribution in [2.75, 3.05) is 13.7 Å². The first-order chi connectivity index (χ1) is 9.69. The highest BCUT2D eigenvalue weighted by atomic mass is 16.5. The van der Waals surface area contributed by atoms with E-state index in [1.807, 2.05) is 24.3 Å². The number of carboxylic acid groups (broad SMARTS) is 1. The SMILES string of the molecule is COc1ccc(OCCC2CCCC(C(=O)O)N2)cc1. The Bertz CT molecular complexity index is 432. The van der Waals surface area contributed by atoms with Crippen molar-refractivity contribution in [1.82, 2.24) is 5.32 Å². The predicted molar refractivity (Wildman–Crippen MR) is 75.3 cm³/mol. The van der Waals surface area contributed by atoms with E-state index in [4.69, 9.17) is 14.6 Å². The zero-order valence-corrected chi connectivity index (χ0v) is 11.7. The van der Waals surface area contributed by atoms with Gasteiger partial charge in [-0.2, -0.15) is 0 Å². The number of benzene rings is 1. The summed E-state index contributed by atoms with van der Waals surface area (Å²) < 4.78 is 10.7. The van der Waals surface area contributed by atoms with Crippen molar-refractivity contribution in [3.8, 4) is 11.5 Å². The van der Waals surface area contributed by atoms with Crippen LogP contribution in [-0.4, -0.2) is 36.9 Å². The Labute approximate surface area is 118 Å². The van der Waals surface area contributed by atoms with Gasteiger partial charge in [0.25, 0.3) is 0 Å². The molecule has 0 spiro atoms. The molecule has 1 aromatic carbocycles. The molecule has 1 aliphatic heterocycles. The number of rotatable bonds is 6. The van der Waals surface area contributed by atoms with Crippen molar-refractivity contribution in [1.29, 1.82) is 0 Å². The van der Waals surface area contributed by atoms with E-state index in [2.05, 4.69) is 5.32 Å². The Hall–Kier alpha value is -1.75. The molecule has 110 valence electrons. The minimum Gasteiger partial charge on any atom is -0.497 e. The van der Waals surface area contributed by atoms with Gasteiger partial charge in [-0.3, -0.25) is 4.79 Å². The van der Waals surface area contributed by atoms with E-state index in [0.29, 0.717) is 13.0 Å². The lowest BCUT2D eigenvalue weighted by Crippen LogP contribution is -2.47. The van der Waals surface area contributed by atoms with Crippen LogP contribution in [0.3, 0.4) is 0 Å². The quantitative estimate of drug-likeness (QED) is 0.834. The third kappa shape index (κ3) is 4.13. The van der Waals surface area contributed by atoms with Crippen molar-refractivity contribution in [2.45, 2.75) is 37.8 Å². The van der Waals surface area contributed by atoms with E-state index >= 15 is 0 Å². The highest BCUT2D eigenvalue weighted by molar-refractivity contribution is 5.73. The van der Waals surface area contributed by atoms with Gasteiger partial charge in [0.15, 0.2) is 0 Å². The molecule has 0 amide bonds. The molecule has 1 fully saturated rings. The van der Waals surface area contributed by atoms with Gasteiger partial charge in [-0.05, 0) is 49.9 Å². The Morgan fingerprint density at radius 2 is 2.00 bits per heavy atom. The smallest absolute Gasteiger partial charge is 0.320 e. The molecule has 0 bridgehead atoms. The van der Waals surface area contributed by atoms with Gasteiger partial charge < -0.3 is 19.9 Å². The Morgan fingerprint density at radius 1 is 1.30 bits per heavy atom. The van der Waals surface area contributed by atoms with Crippen molar-refractivity contribution in [2.24, 2.45) is 0 Å². The summed E-state index contributed by atoms with van der Waals surface area (Å²) >= 11 is 0. The lowest BCUT2D eigenvalue weighted by atomic mass is 9.97. The van der Waals surface area contributed by atoms with Crippen LogP contribution in [0.1, 0.15) is 25.7 Å². The third-order valence-electron chi connectivity index (χ3n) is 3.57. The average molecular weight is 279 g/mol. The molecule has 0 aliphatic carbocycles. The molecule has 5 nitrogen and oxygen atoms in total. The molecule has 20 heavy (non-hydrogen) atoms. The van der Waals surface area contributed by atoms with E-state index in [9.17, 15) is 4.79 Å². The van der Waals surface area contributed by atoms with Crippen molar-refractivity contribution >= 4 is 5.97 Å². The zero-order chi connectivity index (χ0) is 14.4. The van der Waals surface area contributed by atoms with Gasteiger partial charge in [-0.25, -0.2) is 0 Å². The monoisotopic (exact) mass is 279 g/mol. The second-order valence-corrected chi connectivity index (χ2v) is 5.00. The van der Waals surface area contributed by atoms with E-state index in [1.54, 1.807) is 7.11 Å². The summed E-state index contributed by atoms with van der Waals surface area (Å²) in [6.07, 6.45) is 3.49. The first kappa shape index (κ1) is 14.7. The molecule has 1 heterocycles. The number of piperidine rings is 1. The highest BCUT2D eigenvalue weighted by Gasteiger charge is 2.25. The molecule has 0 aromatic heterocycles. The molecule has 2 rings (SSSR count). The van der Waals surface area contributed by atoms with Gasteiger partial charge in [0.1, 0.15) is 17.5 Å².